The summed E-state index contributed by atoms with van der Waals surface area (Å²) in [7, 11) is 4.83. The summed E-state index contributed by atoms with van der Waals surface area (Å²) in [6.45, 7) is 0.329. The van der Waals surface area contributed by atoms with Gasteiger partial charge in [0.1, 0.15) is 11.5 Å². The Morgan fingerprint density at radius 2 is 1.47 bits per heavy atom. The molecule has 7 heteroatoms. The topological polar surface area (TPSA) is 81.7 Å². The van der Waals surface area contributed by atoms with Crippen molar-refractivity contribution in [2.45, 2.75) is 6.42 Å². The van der Waals surface area contributed by atoms with Crippen molar-refractivity contribution >= 4 is 39.3 Å². The number of amides is 1. The number of carbonyl (C=O) groups is 1. The van der Waals surface area contributed by atoms with E-state index in [2.05, 4.69) is 10.6 Å². The molecule has 0 aliphatic carbocycles. The Balaban J connectivity index is 1.67. The summed E-state index contributed by atoms with van der Waals surface area (Å²) >= 11 is 0. The predicted molar refractivity (Wildman–Crippen MR) is 126 cm³/mol. The fourth-order valence-electron chi connectivity index (χ4n) is 3.53. The first-order valence-electron chi connectivity index (χ1n) is 10.3. The van der Waals surface area contributed by atoms with E-state index in [0.29, 0.717) is 13.0 Å². The third kappa shape index (κ3) is 4.51. The number of ether oxygens (including phenoxy) is 3. The average molecular weight is 431 g/mol. The molecule has 0 saturated heterocycles. The van der Waals surface area contributed by atoms with Crippen LogP contribution in [-0.2, 0) is 11.2 Å². The molecule has 1 amide bonds. The normalized spacial score (nSPS) is 10.7. The molecule has 4 aromatic rings. The summed E-state index contributed by atoms with van der Waals surface area (Å²) in [6, 6.07) is 19.8. The van der Waals surface area contributed by atoms with Gasteiger partial charge in [-0.3, -0.25) is 0 Å². The van der Waals surface area contributed by atoms with Crippen LogP contribution in [-0.4, -0.2) is 39.0 Å². The second-order valence-electron chi connectivity index (χ2n) is 7.21. The maximum atomic E-state index is 11.2. The van der Waals surface area contributed by atoms with Crippen LogP contribution < -0.4 is 20.1 Å². The lowest BCUT2D eigenvalue weighted by Crippen LogP contribution is -2.20. The Morgan fingerprint density at radius 1 is 0.875 bits per heavy atom. The smallest absolute Gasteiger partial charge is 0.406 e. The fraction of sp³-hybridized carbons (Fsp3) is 0.200. The van der Waals surface area contributed by atoms with Crippen LogP contribution in [0.1, 0.15) is 5.56 Å². The van der Waals surface area contributed by atoms with Crippen LogP contribution in [0.25, 0.3) is 21.8 Å². The molecule has 3 aromatic carbocycles. The van der Waals surface area contributed by atoms with Crippen molar-refractivity contribution in [1.29, 1.82) is 0 Å². The van der Waals surface area contributed by atoms with Gasteiger partial charge in [0, 0.05) is 42.1 Å². The summed E-state index contributed by atoms with van der Waals surface area (Å²) in [5.74, 6) is 1.50. The zero-order chi connectivity index (χ0) is 22.5. The number of pyridine rings is 1. The molecule has 1 heterocycles. The van der Waals surface area contributed by atoms with Gasteiger partial charge in [0.05, 0.1) is 37.5 Å². The number of fused-ring (bicyclic) bond motifs is 2. The van der Waals surface area contributed by atoms with Crippen molar-refractivity contribution in [3.8, 4) is 11.5 Å². The van der Waals surface area contributed by atoms with Crippen molar-refractivity contribution in [3.05, 3.63) is 66.2 Å². The summed E-state index contributed by atoms with van der Waals surface area (Å²) in [4.78, 5) is 16.0. The molecule has 0 bridgehead atoms. The van der Waals surface area contributed by atoms with Crippen LogP contribution in [0.15, 0.2) is 60.7 Å². The third-order valence-corrected chi connectivity index (χ3v) is 5.24. The van der Waals surface area contributed by atoms with E-state index in [4.69, 9.17) is 19.2 Å². The van der Waals surface area contributed by atoms with E-state index in [1.807, 2.05) is 60.7 Å². The molecule has 164 valence electrons. The number of rotatable bonds is 7. The third-order valence-electron chi connectivity index (χ3n) is 5.24. The van der Waals surface area contributed by atoms with Gasteiger partial charge in [0.15, 0.2) is 0 Å². The number of nitrogens with zero attached hydrogens (tertiary/aromatic N) is 1. The molecule has 0 atom stereocenters. The van der Waals surface area contributed by atoms with E-state index in [0.717, 1.165) is 50.2 Å². The van der Waals surface area contributed by atoms with Gasteiger partial charge >= 0.3 is 6.09 Å². The molecule has 0 radical (unpaired) electrons. The second kappa shape index (κ2) is 9.43. The lowest BCUT2D eigenvalue weighted by Gasteiger charge is -2.15. The molecule has 0 spiro atoms. The standard InChI is InChI=1S/C25H25N3O4/c1-26-25(29)32-13-12-16-4-6-17(7-5-16)27-24-20-10-8-18(30-2)14-22(20)28-23-15-19(31-3)9-11-21(23)24/h4-11,14-15H,12-13H2,1-3H3,(H,26,29)(H,27,28). The molecule has 2 N–H and O–H groups in total. The molecule has 0 saturated carbocycles. The molecule has 0 fully saturated rings. The highest BCUT2D eigenvalue weighted by Gasteiger charge is 2.12. The number of anilines is 2. The van der Waals surface area contributed by atoms with Crippen molar-refractivity contribution < 1.29 is 19.0 Å². The molecule has 0 aliphatic rings. The van der Waals surface area contributed by atoms with Crippen LogP contribution in [0.3, 0.4) is 0 Å². The lowest BCUT2D eigenvalue weighted by molar-refractivity contribution is 0.150. The van der Waals surface area contributed by atoms with Crippen LogP contribution in [0.4, 0.5) is 16.2 Å². The minimum absolute atomic E-state index is 0.329. The largest absolute Gasteiger partial charge is 0.497 e. The fourth-order valence-corrected chi connectivity index (χ4v) is 3.53. The highest BCUT2D eigenvalue weighted by atomic mass is 16.5. The maximum absolute atomic E-state index is 11.2. The Hall–Kier alpha value is -4.00. The first kappa shape index (κ1) is 21.2. The van der Waals surface area contributed by atoms with Crippen molar-refractivity contribution in [1.82, 2.24) is 10.3 Å². The summed E-state index contributed by atoms with van der Waals surface area (Å²) in [5.41, 5.74) is 4.65. The van der Waals surface area contributed by atoms with E-state index in [1.165, 1.54) is 0 Å². The van der Waals surface area contributed by atoms with E-state index in [9.17, 15) is 4.79 Å². The number of carbonyl (C=O) groups excluding carboxylic acids is 1. The summed E-state index contributed by atoms with van der Waals surface area (Å²) in [6.07, 6.45) is 0.224. The van der Waals surface area contributed by atoms with Gasteiger partial charge < -0.3 is 24.8 Å². The molecule has 7 nitrogen and oxygen atoms in total. The molecule has 1 aromatic heterocycles. The number of hydrogen-bond donors (Lipinski definition) is 2. The van der Waals surface area contributed by atoms with Gasteiger partial charge in [-0.15, -0.1) is 0 Å². The molecular weight excluding hydrogens is 406 g/mol. The monoisotopic (exact) mass is 431 g/mol. The van der Waals surface area contributed by atoms with Crippen LogP contribution in [0.2, 0.25) is 0 Å². The van der Waals surface area contributed by atoms with E-state index in [1.54, 1.807) is 21.3 Å². The summed E-state index contributed by atoms with van der Waals surface area (Å²) < 4.78 is 15.8. The van der Waals surface area contributed by atoms with E-state index < -0.39 is 6.09 Å². The molecular formula is C25H25N3O4. The Labute approximate surface area is 186 Å². The molecule has 4 rings (SSSR count). The van der Waals surface area contributed by atoms with E-state index >= 15 is 0 Å². The average Bonchev–Trinajstić information content (AvgIpc) is 2.83. The number of nitrogens with one attached hydrogen (secondary N) is 2. The second-order valence-corrected chi connectivity index (χ2v) is 7.21. The highest BCUT2D eigenvalue weighted by molar-refractivity contribution is 6.09. The predicted octanol–water partition coefficient (Wildman–Crippen LogP) is 5.05. The highest BCUT2D eigenvalue weighted by Crippen LogP contribution is 2.36. The lowest BCUT2D eigenvalue weighted by atomic mass is 10.1. The van der Waals surface area contributed by atoms with Gasteiger partial charge in [0.2, 0.25) is 0 Å². The van der Waals surface area contributed by atoms with Gasteiger partial charge in [0.25, 0.3) is 0 Å². The molecule has 32 heavy (non-hydrogen) atoms. The molecule has 0 unspecified atom stereocenters. The van der Waals surface area contributed by atoms with Crippen molar-refractivity contribution in [2.75, 3.05) is 33.2 Å². The van der Waals surface area contributed by atoms with Crippen LogP contribution in [0, 0.1) is 0 Å². The zero-order valence-electron chi connectivity index (χ0n) is 18.3. The SMILES string of the molecule is CNC(=O)OCCc1ccc(Nc2c3ccc(OC)cc3nc3cc(OC)ccc23)cc1. The minimum Gasteiger partial charge on any atom is -0.497 e. The quantitative estimate of drug-likeness (QED) is 0.399. The molecule has 0 aliphatic heterocycles. The number of hydrogen-bond acceptors (Lipinski definition) is 6. The number of alkyl carbamates (subject to hydrolysis) is 1. The van der Waals surface area contributed by atoms with E-state index in [-0.39, 0.29) is 0 Å². The van der Waals surface area contributed by atoms with Crippen LogP contribution >= 0.6 is 0 Å². The first-order valence-corrected chi connectivity index (χ1v) is 10.3. The number of methoxy groups -OCH3 is 2. The Kier molecular flexibility index (Phi) is 6.26. The first-order chi connectivity index (χ1) is 15.6. The van der Waals surface area contributed by atoms with Crippen molar-refractivity contribution in [3.63, 3.8) is 0 Å². The number of aromatic nitrogens is 1. The van der Waals surface area contributed by atoms with Gasteiger partial charge in [-0.1, -0.05) is 12.1 Å². The Bertz CT molecular complexity index is 1190. The minimum atomic E-state index is -0.423. The summed E-state index contributed by atoms with van der Waals surface area (Å²) in [5, 5.41) is 7.98. The van der Waals surface area contributed by atoms with Crippen LogP contribution in [0.5, 0.6) is 11.5 Å². The number of benzene rings is 3. The van der Waals surface area contributed by atoms with Gasteiger partial charge in [-0.05, 0) is 42.0 Å². The zero-order valence-corrected chi connectivity index (χ0v) is 18.3. The van der Waals surface area contributed by atoms with Gasteiger partial charge in [-0.25, -0.2) is 9.78 Å². The van der Waals surface area contributed by atoms with Crippen molar-refractivity contribution in [2.24, 2.45) is 0 Å². The maximum Gasteiger partial charge on any atom is 0.406 e. The Morgan fingerprint density at radius 3 is 2.00 bits per heavy atom. The van der Waals surface area contributed by atoms with Gasteiger partial charge in [-0.2, -0.15) is 0 Å².